The van der Waals surface area contributed by atoms with Gasteiger partial charge in [-0.2, -0.15) is 0 Å². The van der Waals surface area contributed by atoms with Gasteiger partial charge in [-0.1, -0.05) is 0 Å². The van der Waals surface area contributed by atoms with Crippen molar-refractivity contribution in [3.05, 3.63) is 41.6 Å². The Hall–Kier alpha value is -2.29. The van der Waals surface area contributed by atoms with Crippen LogP contribution in [-0.2, 0) is 0 Å². The van der Waals surface area contributed by atoms with Crippen LogP contribution in [0.2, 0.25) is 0 Å². The lowest BCUT2D eigenvalue weighted by Crippen LogP contribution is -2.56. The molecule has 1 amide bonds. The number of nitrogens with one attached hydrogen (secondary N) is 1. The summed E-state index contributed by atoms with van der Waals surface area (Å²) >= 11 is 0. The average Bonchev–Trinajstić information content (AvgIpc) is 2.86. The minimum absolute atomic E-state index is 0.0360. The highest BCUT2D eigenvalue weighted by atomic mass is 19.3. The van der Waals surface area contributed by atoms with E-state index in [0.717, 1.165) is 5.69 Å². The number of hydrogen-bond donors (Lipinski definition) is 2. The van der Waals surface area contributed by atoms with Crippen LogP contribution >= 0.6 is 0 Å². The lowest BCUT2D eigenvalue weighted by atomic mass is 10.1. The fourth-order valence-corrected chi connectivity index (χ4v) is 2.06. The summed E-state index contributed by atoms with van der Waals surface area (Å²) in [6, 6.07) is 5.83. The smallest absolute Gasteiger partial charge is 0.291 e. The van der Waals surface area contributed by atoms with Gasteiger partial charge in [-0.05, 0) is 24.3 Å². The van der Waals surface area contributed by atoms with Gasteiger partial charge in [0.1, 0.15) is 0 Å². The number of amides is 1. The van der Waals surface area contributed by atoms with Gasteiger partial charge in [0.15, 0.2) is 0 Å². The lowest BCUT2D eigenvalue weighted by molar-refractivity contribution is -0.146. The first-order chi connectivity index (χ1) is 10.7. The van der Waals surface area contributed by atoms with Crippen LogP contribution < -0.4 is 10.3 Å². The highest BCUT2D eigenvalue weighted by molar-refractivity contribution is 5.95. The number of rotatable bonds is 4. The molecular weight excluding hydrogens is 318 g/mol. The highest BCUT2D eigenvalue weighted by Gasteiger charge is 2.51. The number of hydrogen-bond acceptors (Lipinski definition) is 4. The molecule has 0 aliphatic carbocycles. The third-order valence-electron chi connectivity index (χ3n) is 3.36. The van der Waals surface area contributed by atoms with Gasteiger partial charge in [-0.25, -0.2) is 22.6 Å². The van der Waals surface area contributed by atoms with Crippen LogP contribution in [0.5, 0.6) is 0 Å². The molecule has 9 heteroatoms. The SMILES string of the molecule is CN(C)c1ccc(C(=O)N2NC(C(F)F)=CC2(O)C(F)F)cc1. The van der Waals surface area contributed by atoms with Crippen molar-refractivity contribution >= 4 is 11.6 Å². The second-order valence-electron chi connectivity index (χ2n) is 5.18. The van der Waals surface area contributed by atoms with E-state index in [9.17, 15) is 27.5 Å². The van der Waals surface area contributed by atoms with Crippen molar-refractivity contribution in [2.75, 3.05) is 19.0 Å². The number of nitrogens with zero attached hydrogens (tertiary/aromatic N) is 2. The fourth-order valence-electron chi connectivity index (χ4n) is 2.06. The summed E-state index contributed by atoms with van der Waals surface area (Å²) in [5, 5.41) is 10.0. The Morgan fingerprint density at radius 2 is 1.78 bits per heavy atom. The Morgan fingerprint density at radius 1 is 1.22 bits per heavy atom. The van der Waals surface area contributed by atoms with Crippen LogP contribution in [0.1, 0.15) is 10.4 Å². The number of aliphatic hydroxyl groups is 1. The number of hydrazine groups is 1. The van der Waals surface area contributed by atoms with Crippen LogP contribution in [0.15, 0.2) is 36.0 Å². The molecule has 126 valence electrons. The Kier molecular flexibility index (Phi) is 4.51. The Morgan fingerprint density at radius 3 is 2.22 bits per heavy atom. The Labute approximate surface area is 129 Å². The molecule has 0 saturated heterocycles. The maximum Gasteiger partial charge on any atom is 0.291 e. The van der Waals surface area contributed by atoms with E-state index in [1.807, 2.05) is 5.43 Å². The summed E-state index contributed by atoms with van der Waals surface area (Å²) in [5.41, 5.74) is -1.52. The zero-order chi connectivity index (χ0) is 17.4. The largest absolute Gasteiger partial charge is 0.378 e. The summed E-state index contributed by atoms with van der Waals surface area (Å²) in [6.07, 6.45) is -6.33. The molecular formula is C14H15F4N3O2. The van der Waals surface area contributed by atoms with Gasteiger partial charge < -0.3 is 10.0 Å². The number of allylic oxidation sites excluding steroid dienone is 1. The Balaban J connectivity index is 2.31. The number of carbonyl (C=O) groups excluding carboxylic acids is 1. The zero-order valence-corrected chi connectivity index (χ0v) is 12.3. The second-order valence-corrected chi connectivity index (χ2v) is 5.18. The predicted octanol–water partition coefficient (Wildman–Crippen LogP) is 1.82. The van der Waals surface area contributed by atoms with Gasteiger partial charge in [0, 0.05) is 31.4 Å². The molecule has 1 unspecified atom stereocenters. The van der Waals surface area contributed by atoms with Gasteiger partial charge in [0.25, 0.3) is 18.8 Å². The van der Waals surface area contributed by atoms with E-state index in [1.165, 1.54) is 12.1 Å². The number of anilines is 1. The zero-order valence-electron chi connectivity index (χ0n) is 12.3. The highest BCUT2D eigenvalue weighted by Crippen LogP contribution is 2.31. The van der Waals surface area contributed by atoms with E-state index >= 15 is 0 Å². The van der Waals surface area contributed by atoms with E-state index in [0.29, 0.717) is 0 Å². The van der Waals surface area contributed by atoms with Crippen LogP contribution in [0.4, 0.5) is 23.2 Å². The van der Waals surface area contributed by atoms with E-state index in [1.54, 1.807) is 31.1 Å². The first-order valence-electron chi connectivity index (χ1n) is 6.57. The summed E-state index contributed by atoms with van der Waals surface area (Å²) in [7, 11) is 3.54. The molecule has 1 heterocycles. The van der Waals surface area contributed by atoms with E-state index in [-0.39, 0.29) is 16.6 Å². The maximum atomic E-state index is 13.1. The number of carbonyl (C=O) groups is 1. The van der Waals surface area contributed by atoms with Crippen LogP contribution in [0.3, 0.4) is 0 Å². The van der Waals surface area contributed by atoms with Crippen LogP contribution in [-0.4, -0.2) is 48.7 Å². The molecule has 0 bridgehead atoms. The molecule has 1 aromatic rings. The third-order valence-corrected chi connectivity index (χ3v) is 3.36. The van der Waals surface area contributed by atoms with Crippen LogP contribution in [0, 0.1) is 0 Å². The molecule has 5 nitrogen and oxygen atoms in total. The first kappa shape index (κ1) is 17.1. The van der Waals surface area contributed by atoms with Crippen molar-refractivity contribution in [2.24, 2.45) is 0 Å². The minimum Gasteiger partial charge on any atom is -0.378 e. The van der Waals surface area contributed by atoms with Gasteiger partial charge in [0.2, 0.25) is 5.72 Å². The minimum atomic E-state index is -3.46. The average molecular weight is 333 g/mol. The normalized spacial score (nSPS) is 20.7. The van der Waals surface area contributed by atoms with Gasteiger partial charge in [0.05, 0.1) is 5.70 Å². The summed E-state index contributed by atoms with van der Waals surface area (Å²) in [5.74, 6) is -1.05. The standard InChI is InChI=1S/C14H15F4N3O2/c1-20(2)9-5-3-8(4-6-9)12(22)21-14(23,13(17)18)7-10(19-21)11(15)16/h3-7,11,13,19,23H,1-2H3. The molecule has 0 spiro atoms. The molecule has 0 aromatic heterocycles. The molecule has 2 N–H and O–H groups in total. The number of alkyl halides is 4. The van der Waals surface area contributed by atoms with E-state index < -0.39 is 30.2 Å². The number of halogens is 4. The molecule has 1 aliphatic heterocycles. The van der Waals surface area contributed by atoms with E-state index in [2.05, 4.69) is 0 Å². The summed E-state index contributed by atoms with van der Waals surface area (Å²) in [6.45, 7) is 0. The topological polar surface area (TPSA) is 55.8 Å². The predicted molar refractivity (Wildman–Crippen MR) is 75.1 cm³/mol. The first-order valence-corrected chi connectivity index (χ1v) is 6.57. The summed E-state index contributed by atoms with van der Waals surface area (Å²) in [4.78, 5) is 14.1. The third kappa shape index (κ3) is 3.09. The van der Waals surface area contributed by atoms with Gasteiger partial charge >= 0.3 is 0 Å². The van der Waals surface area contributed by atoms with Crippen molar-refractivity contribution in [1.82, 2.24) is 10.4 Å². The molecule has 1 atom stereocenters. The molecule has 1 aliphatic rings. The number of benzene rings is 1. The van der Waals surface area contributed by atoms with Crippen molar-refractivity contribution < 1.29 is 27.5 Å². The van der Waals surface area contributed by atoms with Crippen LogP contribution in [0.25, 0.3) is 0 Å². The molecule has 2 rings (SSSR count). The molecule has 0 fully saturated rings. The van der Waals surface area contributed by atoms with Crippen molar-refractivity contribution in [3.8, 4) is 0 Å². The molecule has 0 saturated carbocycles. The molecule has 1 aromatic carbocycles. The monoisotopic (exact) mass is 333 g/mol. The Bertz CT molecular complexity index is 619. The maximum absolute atomic E-state index is 13.1. The molecule has 0 radical (unpaired) electrons. The molecule has 23 heavy (non-hydrogen) atoms. The lowest BCUT2D eigenvalue weighted by Gasteiger charge is -2.31. The second kappa shape index (κ2) is 6.07. The summed E-state index contributed by atoms with van der Waals surface area (Å²) < 4.78 is 51.5. The fraction of sp³-hybridized carbons (Fsp3) is 0.357. The van der Waals surface area contributed by atoms with Crippen molar-refractivity contribution in [1.29, 1.82) is 0 Å². The van der Waals surface area contributed by atoms with Crippen molar-refractivity contribution in [2.45, 2.75) is 18.6 Å². The van der Waals surface area contributed by atoms with Gasteiger partial charge in [-0.15, -0.1) is 0 Å². The van der Waals surface area contributed by atoms with Gasteiger partial charge in [-0.3, -0.25) is 10.2 Å². The van der Waals surface area contributed by atoms with E-state index in [4.69, 9.17) is 0 Å². The quantitative estimate of drug-likeness (QED) is 0.826. The van der Waals surface area contributed by atoms with Crippen molar-refractivity contribution in [3.63, 3.8) is 0 Å².